The summed E-state index contributed by atoms with van der Waals surface area (Å²) in [6, 6.07) is 67.8. The van der Waals surface area contributed by atoms with Crippen LogP contribution in [0.4, 0.5) is 0 Å². The van der Waals surface area contributed by atoms with Crippen LogP contribution in [0.25, 0.3) is 131 Å². The molecule has 0 fully saturated rings. The number of hydrogen-bond acceptors (Lipinski definition) is 7. The third-order valence-corrected chi connectivity index (χ3v) is 12.4. The average molecular weight is 1090 g/mol. The van der Waals surface area contributed by atoms with Gasteiger partial charge in [0.25, 0.3) is 0 Å². The first kappa shape index (κ1) is 52.3. The number of fused-ring (bicyclic) bond motifs is 18. The number of alkyl halides is 4. The number of aliphatic carboxylic acids is 2. The second-order valence-electron chi connectivity index (χ2n) is 16.7. The van der Waals surface area contributed by atoms with Crippen molar-refractivity contribution in [3.8, 4) is 22.8 Å². The van der Waals surface area contributed by atoms with Crippen LogP contribution in [0.3, 0.4) is 0 Å². The number of hydrogen-bond donors (Lipinski definition) is 0. The molecule has 3 heterocycles. The minimum atomic E-state index is -1.08. The van der Waals surface area contributed by atoms with E-state index in [1.807, 2.05) is 12.1 Å². The molecule has 0 unspecified atom stereocenters. The third kappa shape index (κ3) is 10.7. The molecule has 13 rings (SSSR count). The van der Waals surface area contributed by atoms with Crippen molar-refractivity contribution in [2.45, 2.75) is 13.8 Å². The van der Waals surface area contributed by atoms with Gasteiger partial charge in [-0.1, -0.05) is 140 Å². The Morgan fingerprint density at radius 3 is 0.932 bits per heavy atom. The fourth-order valence-corrected chi connectivity index (χ4v) is 9.69. The zero-order chi connectivity index (χ0) is 50.5. The van der Waals surface area contributed by atoms with E-state index >= 15 is 0 Å². The van der Waals surface area contributed by atoms with Gasteiger partial charge in [0.2, 0.25) is 0 Å². The van der Waals surface area contributed by atoms with Gasteiger partial charge in [0.05, 0.1) is 44.5 Å². The molecule has 0 saturated carbocycles. The van der Waals surface area contributed by atoms with Gasteiger partial charge in [0.15, 0.2) is 0 Å². The van der Waals surface area contributed by atoms with E-state index in [0.29, 0.717) is 0 Å². The summed E-state index contributed by atoms with van der Waals surface area (Å²) in [5.74, 6) is -2.17. The van der Waals surface area contributed by atoms with Crippen molar-refractivity contribution in [1.29, 1.82) is 0 Å². The Hall–Kier alpha value is -7.03. The number of nitrogens with zero attached hydrogens (tertiary/aromatic N) is 3. The first-order chi connectivity index (χ1) is 35.0. The van der Waals surface area contributed by atoms with Gasteiger partial charge in [0, 0.05) is 22.7 Å². The molecular weight excluding hydrogens is 1050 g/mol. The van der Waals surface area contributed by atoms with E-state index < -0.39 is 11.9 Å². The molecule has 10 aromatic carbocycles. The Labute approximate surface area is 452 Å². The maximum Gasteiger partial charge on any atom is 2.00 e. The molecule has 0 atom stereocenters. The third-order valence-electron chi connectivity index (χ3n) is 12.4. The van der Waals surface area contributed by atoms with Crippen molar-refractivity contribution in [1.82, 2.24) is 15.0 Å². The summed E-state index contributed by atoms with van der Waals surface area (Å²) in [6.07, 6.45) is 0. The summed E-state index contributed by atoms with van der Waals surface area (Å²) in [5.41, 5.74) is 5.20. The number of halogens is 4. The van der Waals surface area contributed by atoms with E-state index in [0.717, 1.165) is 58.4 Å². The van der Waals surface area contributed by atoms with Gasteiger partial charge in [-0.15, -0.1) is 46.4 Å². The first-order valence-corrected chi connectivity index (χ1v) is 24.9. The smallest absolute Gasteiger partial charge is 0.550 e. The van der Waals surface area contributed by atoms with Crippen LogP contribution in [0.1, 0.15) is 13.8 Å². The Balaban J connectivity index is 0.000000428. The molecule has 0 saturated heterocycles. The minimum Gasteiger partial charge on any atom is -0.550 e. The average Bonchev–Trinajstić information content (AvgIpc) is 3.39. The number of carbonyl (C=O) groups excluding carboxylic acids is 2. The predicted molar refractivity (Wildman–Crippen MR) is 300 cm³/mol. The maximum absolute atomic E-state index is 8.89. The van der Waals surface area contributed by atoms with Gasteiger partial charge >= 0.3 is 19.5 Å². The quantitative estimate of drug-likeness (QED) is 0.0961. The standard InChI is InChI=1S/C55H31N3.2C2H4O2.2CH2Cl2.Zn/c1-3-8-40-32(6-1)12-14-34-16-20-38-22-18-36-24-28-44-42(52(36)54(38)50(34)40)26-30-48(56-44)46-10-5-11-47(58-46)49-31-27-43-45(57-49)29-25-37-19-23-39-21-17-35-15-13-33-7-2-4-9-41(33)51(35)55(39)53(37)43;2*1-2(3)4;2*2-1-3;/h1-31H;2*1H3,(H,3,4);2*1H2;/q;;;;;+2/p-2. The second kappa shape index (κ2) is 23.2. The number of carboxylic acid groups (broad SMARTS) is 2. The molecule has 0 aliphatic heterocycles. The Bertz CT molecular complexity index is 3940. The van der Waals surface area contributed by atoms with E-state index in [1.165, 1.54) is 86.2 Å². The van der Waals surface area contributed by atoms with Gasteiger partial charge in [-0.2, -0.15) is 0 Å². The Morgan fingerprint density at radius 2 is 0.589 bits per heavy atom. The number of carbonyl (C=O) groups is 2. The molecule has 7 nitrogen and oxygen atoms in total. The van der Waals surface area contributed by atoms with Crippen molar-refractivity contribution in [3.63, 3.8) is 0 Å². The Morgan fingerprint density at radius 1 is 0.329 bits per heavy atom. The van der Waals surface area contributed by atoms with Crippen LogP contribution in [0.15, 0.2) is 188 Å². The van der Waals surface area contributed by atoms with Crippen LogP contribution in [0, 0.1) is 0 Å². The number of rotatable bonds is 2. The normalized spacial score (nSPS) is 10.8. The predicted octanol–water partition coefficient (Wildman–Crippen LogP) is 15.1. The topological polar surface area (TPSA) is 119 Å². The summed E-state index contributed by atoms with van der Waals surface area (Å²) < 4.78 is 0. The van der Waals surface area contributed by atoms with Crippen LogP contribution in [-0.4, -0.2) is 37.6 Å². The summed E-state index contributed by atoms with van der Waals surface area (Å²) in [7, 11) is 0. The molecule has 0 radical (unpaired) electrons. The second-order valence-corrected chi connectivity index (χ2v) is 18.3. The van der Waals surface area contributed by atoms with Crippen molar-refractivity contribution in [2.24, 2.45) is 0 Å². The molecule has 0 bridgehead atoms. The zero-order valence-electron chi connectivity index (χ0n) is 39.5. The summed E-state index contributed by atoms with van der Waals surface area (Å²) in [5, 5.41) is 40.4. The van der Waals surface area contributed by atoms with Crippen LogP contribution in [0.2, 0.25) is 0 Å². The van der Waals surface area contributed by atoms with E-state index in [4.69, 9.17) is 81.2 Å². The van der Waals surface area contributed by atoms with Gasteiger partial charge in [-0.25, -0.2) is 15.0 Å². The van der Waals surface area contributed by atoms with E-state index in [2.05, 4.69) is 176 Å². The molecule has 73 heavy (non-hydrogen) atoms. The SMILES string of the molecule is CC(=O)[O-].CC(=O)[O-].ClCCl.ClCCl.[Zn+2].c1cc(-c2ccc3c(ccc4ccc5ccc6ccc7ccccc7c6c5c43)n2)nc(-c2ccc3c(ccc4ccc5ccc6ccc7ccccc7c6c5c43)n2)c1. The molecule has 0 aliphatic carbocycles. The zero-order valence-corrected chi connectivity index (χ0v) is 45.5. The summed E-state index contributed by atoms with van der Waals surface area (Å²) in [6.45, 7) is 1.94. The van der Waals surface area contributed by atoms with Crippen LogP contribution in [-0.2, 0) is 29.1 Å². The van der Waals surface area contributed by atoms with Gasteiger partial charge in [0.1, 0.15) is 0 Å². The Kier molecular flexibility index (Phi) is 16.6. The molecule has 12 heteroatoms. The molecule has 13 aromatic rings. The molecule has 0 spiro atoms. The number of carboxylic acids is 2. The van der Waals surface area contributed by atoms with Crippen molar-refractivity contribution in [3.05, 3.63) is 188 Å². The van der Waals surface area contributed by atoms with Gasteiger partial charge in [-0.05, 0) is 149 Å². The molecule has 0 N–H and O–H groups in total. The van der Waals surface area contributed by atoms with Crippen LogP contribution >= 0.6 is 46.4 Å². The van der Waals surface area contributed by atoms with E-state index in [-0.39, 0.29) is 30.2 Å². The number of pyridine rings is 3. The monoisotopic (exact) mass is 1080 g/mol. The molecular formula is C61H41Cl4N3O4Zn. The van der Waals surface area contributed by atoms with Gasteiger partial charge < -0.3 is 19.8 Å². The minimum absolute atomic E-state index is 0. The molecule has 0 amide bonds. The summed E-state index contributed by atoms with van der Waals surface area (Å²) >= 11 is 19.1. The van der Waals surface area contributed by atoms with Crippen molar-refractivity contribution >= 4 is 166 Å². The fourth-order valence-electron chi connectivity index (χ4n) is 9.69. The maximum atomic E-state index is 8.89. The van der Waals surface area contributed by atoms with E-state index in [1.54, 1.807) is 0 Å². The summed E-state index contributed by atoms with van der Waals surface area (Å²) in [4.78, 5) is 33.5. The molecule has 3 aromatic heterocycles. The molecule has 354 valence electrons. The van der Waals surface area contributed by atoms with E-state index in [9.17, 15) is 0 Å². The van der Waals surface area contributed by atoms with Gasteiger partial charge in [-0.3, -0.25) is 0 Å². The van der Waals surface area contributed by atoms with Crippen LogP contribution < -0.4 is 10.2 Å². The van der Waals surface area contributed by atoms with Crippen molar-refractivity contribution < 1.29 is 39.3 Å². The van der Waals surface area contributed by atoms with Crippen LogP contribution in [0.5, 0.6) is 0 Å². The fraction of sp³-hybridized carbons (Fsp3) is 0.0656. The number of benzene rings is 10. The van der Waals surface area contributed by atoms with Crippen molar-refractivity contribution in [2.75, 3.05) is 10.7 Å². The largest absolute Gasteiger partial charge is 2.00 e. The molecule has 0 aliphatic rings. The number of aromatic nitrogens is 3. The first-order valence-electron chi connectivity index (χ1n) is 22.7.